The van der Waals surface area contributed by atoms with Crippen molar-refractivity contribution < 1.29 is 17.9 Å². The first-order valence-corrected chi connectivity index (χ1v) is 9.51. The number of para-hydroxylation sites is 1. The van der Waals surface area contributed by atoms with Crippen molar-refractivity contribution in [2.75, 3.05) is 6.61 Å². The molecule has 6 nitrogen and oxygen atoms in total. The molecule has 0 aromatic heterocycles. The van der Waals surface area contributed by atoms with Crippen LogP contribution >= 0.6 is 0 Å². The number of nitrogens with one attached hydrogen (secondary N) is 1. The number of hydrogen-bond donors (Lipinski definition) is 2. The smallest absolute Gasteiger partial charge is 0.238 e. The van der Waals surface area contributed by atoms with Crippen LogP contribution in [0.15, 0.2) is 59.5 Å². The topological polar surface area (TPSA) is 98.5 Å². The first kappa shape index (κ1) is 19.0. The van der Waals surface area contributed by atoms with Crippen LogP contribution in [0.1, 0.15) is 31.4 Å². The molecule has 0 aliphatic heterocycles. The van der Waals surface area contributed by atoms with Gasteiger partial charge in [-0.2, -0.15) is 0 Å². The number of hydrogen-bond acceptors (Lipinski definition) is 4. The molecule has 0 fully saturated rings. The Labute approximate surface area is 148 Å². The first-order valence-electron chi connectivity index (χ1n) is 7.96. The second-order valence-corrected chi connectivity index (χ2v) is 7.23. The van der Waals surface area contributed by atoms with Crippen LogP contribution in [0.2, 0.25) is 0 Å². The van der Waals surface area contributed by atoms with Gasteiger partial charge in [0.25, 0.3) is 0 Å². The zero-order chi connectivity index (χ0) is 18.3. The second kappa shape index (κ2) is 8.64. The van der Waals surface area contributed by atoms with Crippen LogP contribution in [0.25, 0.3) is 0 Å². The number of ether oxygens (including phenoxy) is 1. The van der Waals surface area contributed by atoms with Gasteiger partial charge in [-0.3, -0.25) is 4.79 Å². The van der Waals surface area contributed by atoms with Crippen LogP contribution in [-0.4, -0.2) is 20.9 Å². The normalized spacial score (nSPS) is 12.4. The summed E-state index contributed by atoms with van der Waals surface area (Å²) in [6.07, 6.45) is 0.913. The highest BCUT2D eigenvalue weighted by Gasteiger charge is 2.13. The van der Waals surface area contributed by atoms with E-state index < -0.39 is 10.0 Å². The summed E-state index contributed by atoms with van der Waals surface area (Å²) in [4.78, 5) is 12.0. The highest BCUT2D eigenvalue weighted by atomic mass is 32.2. The van der Waals surface area contributed by atoms with E-state index in [1.807, 2.05) is 30.3 Å². The maximum atomic E-state index is 12.0. The molecule has 0 aliphatic carbocycles. The van der Waals surface area contributed by atoms with Crippen molar-refractivity contribution in [3.05, 3.63) is 60.2 Å². The predicted molar refractivity (Wildman–Crippen MR) is 95.5 cm³/mol. The molecule has 1 atom stereocenters. The van der Waals surface area contributed by atoms with Crippen LogP contribution in [0.3, 0.4) is 0 Å². The van der Waals surface area contributed by atoms with Gasteiger partial charge < -0.3 is 10.1 Å². The maximum absolute atomic E-state index is 12.0. The largest absolute Gasteiger partial charge is 0.494 e. The van der Waals surface area contributed by atoms with E-state index in [-0.39, 0.29) is 16.8 Å². The number of primary sulfonamides is 1. The summed E-state index contributed by atoms with van der Waals surface area (Å²) in [5.41, 5.74) is 0.681. The maximum Gasteiger partial charge on any atom is 0.238 e. The minimum absolute atomic E-state index is 0.0300. The van der Waals surface area contributed by atoms with Crippen LogP contribution < -0.4 is 15.2 Å². The van der Waals surface area contributed by atoms with Crippen molar-refractivity contribution in [3.8, 4) is 5.75 Å². The van der Waals surface area contributed by atoms with Crippen molar-refractivity contribution in [2.45, 2.75) is 30.7 Å². The van der Waals surface area contributed by atoms with Crippen molar-refractivity contribution in [2.24, 2.45) is 5.14 Å². The molecule has 0 heterocycles. The zero-order valence-corrected chi connectivity index (χ0v) is 14.8. The van der Waals surface area contributed by atoms with Crippen LogP contribution in [0.5, 0.6) is 5.75 Å². The van der Waals surface area contributed by atoms with Gasteiger partial charge >= 0.3 is 0 Å². The van der Waals surface area contributed by atoms with Gasteiger partial charge in [0.2, 0.25) is 15.9 Å². The Kier molecular flexibility index (Phi) is 6.55. The van der Waals surface area contributed by atoms with Crippen LogP contribution in [-0.2, 0) is 14.8 Å². The fourth-order valence-electron chi connectivity index (χ4n) is 2.30. The van der Waals surface area contributed by atoms with E-state index in [4.69, 9.17) is 9.88 Å². The monoisotopic (exact) mass is 362 g/mol. The van der Waals surface area contributed by atoms with Crippen molar-refractivity contribution >= 4 is 15.9 Å². The quantitative estimate of drug-likeness (QED) is 0.704. The van der Waals surface area contributed by atoms with Gasteiger partial charge in [0.15, 0.2) is 0 Å². The Hall–Kier alpha value is -2.38. The first-order chi connectivity index (χ1) is 11.9. The summed E-state index contributed by atoms with van der Waals surface area (Å²) >= 11 is 0. The number of amides is 1. The molecule has 2 aromatic carbocycles. The Morgan fingerprint density at radius 1 is 1.16 bits per heavy atom. The summed E-state index contributed by atoms with van der Waals surface area (Å²) in [5.74, 6) is 0.654. The summed E-state index contributed by atoms with van der Waals surface area (Å²) in [6.45, 7) is 2.24. The molecule has 1 unspecified atom stereocenters. The minimum Gasteiger partial charge on any atom is -0.494 e. The Morgan fingerprint density at radius 3 is 2.56 bits per heavy atom. The molecule has 2 aromatic rings. The third-order valence-corrected chi connectivity index (χ3v) is 4.54. The molecule has 7 heteroatoms. The zero-order valence-electron chi connectivity index (χ0n) is 14.0. The molecule has 0 saturated carbocycles. The van der Waals surface area contributed by atoms with Crippen LogP contribution in [0, 0.1) is 0 Å². The lowest BCUT2D eigenvalue weighted by Crippen LogP contribution is -2.27. The Bertz CT molecular complexity index is 807. The SMILES string of the molecule is CC(NC(=O)CCCOc1ccccc1)c1cccc(S(N)(=O)=O)c1. The molecular formula is C18H22N2O4S. The average Bonchev–Trinajstić information content (AvgIpc) is 2.59. The molecule has 134 valence electrons. The van der Waals surface area contributed by atoms with Gasteiger partial charge in [-0.05, 0) is 43.2 Å². The standard InChI is InChI=1S/C18H22N2O4S/c1-14(15-7-5-10-17(13-15)25(19,22)23)20-18(21)11-6-12-24-16-8-3-2-4-9-16/h2-5,7-10,13-14H,6,11-12H2,1H3,(H,20,21)(H2,19,22,23). The molecule has 0 saturated heterocycles. The van der Waals surface area contributed by atoms with Crippen molar-refractivity contribution in [1.82, 2.24) is 5.32 Å². The lowest BCUT2D eigenvalue weighted by Gasteiger charge is -2.15. The summed E-state index contributed by atoms with van der Waals surface area (Å²) < 4.78 is 28.3. The van der Waals surface area contributed by atoms with Gasteiger partial charge in [-0.25, -0.2) is 13.6 Å². The van der Waals surface area contributed by atoms with E-state index in [0.29, 0.717) is 25.0 Å². The number of carbonyl (C=O) groups excluding carboxylic acids is 1. The molecule has 2 rings (SSSR count). The number of benzene rings is 2. The van der Waals surface area contributed by atoms with E-state index in [9.17, 15) is 13.2 Å². The highest BCUT2D eigenvalue weighted by molar-refractivity contribution is 7.89. The number of carbonyl (C=O) groups is 1. The molecular weight excluding hydrogens is 340 g/mol. The fourth-order valence-corrected chi connectivity index (χ4v) is 2.87. The van der Waals surface area contributed by atoms with Gasteiger partial charge in [0.05, 0.1) is 17.5 Å². The van der Waals surface area contributed by atoms with Crippen LogP contribution in [0.4, 0.5) is 0 Å². The summed E-state index contributed by atoms with van der Waals surface area (Å²) in [7, 11) is -3.76. The van der Waals surface area contributed by atoms with Gasteiger partial charge in [0.1, 0.15) is 5.75 Å². The molecule has 0 bridgehead atoms. The van der Waals surface area contributed by atoms with E-state index in [0.717, 1.165) is 5.75 Å². The second-order valence-electron chi connectivity index (χ2n) is 5.67. The lowest BCUT2D eigenvalue weighted by molar-refractivity contribution is -0.121. The lowest BCUT2D eigenvalue weighted by atomic mass is 10.1. The van der Waals surface area contributed by atoms with Crippen molar-refractivity contribution in [3.63, 3.8) is 0 Å². The van der Waals surface area contributed by atoms with Gasteiger partial charge in [-0.15, -0.1) is 0 Å². The molecule has 1 amide bonds. The number of rotatable bonds is 8. The summed E-state index contributed by atoms with van der Waals surface area (Å²) in [6, 6.07) is 15.3. The third kappa shape index (κ3) is 6.21. The molecule has 0 spiro atoms. The average molecular weight is 362 g/mol. The minimum atomic E-state index is -3.76. The predicted octanol–water partition coefficient (Wildman–Crippen LogP) is 2.37. The van der Waals surface area contributed by atoms with E-state index in [1.54, 1.807) is 19.1 Å². The molecule has 25 heavy (non-hydrogen) atoms. The molecule has 0 radical (unpaired) electrons. The summed E-state index contributed by atoms with van der Waals surface area (Å²) in [5, 5.41) is 7.97. The van der Waals surface area contributed by atoms with E-state index >= 15 is 0 Å². The fraction of sp³-hybridized carbons (Fsp3) is 0.278. The van der Waals surface area contributed by atoms with Crippen molar-refractivity contribution in [1.29, 1.82) is 0 Å². The third-order valence-electron chi connectivity index (χ3n) is 3.62. The van der Waals surface area contributed by atoms with E-state index in [2.05, 4.69) is 5.32 Å². The number of sulfonamides is 1. The van der Waals surface area contributed by atoms with Gasteiger partial charge in [-0.1, -0.05) is 30.3 Å². The molecule has 0 aliphatic rings. The highest BCUT2D eigenvalue weighted by Crippen LogP contribution is 2.17. The Morgan fingerprint density at radius 2 is 1.88 bits per heavy atom. The molecule has 3 N–H and O–H groups in total. The van der Waals surface area contributed by atoms with Gasteiger partial charge in [0, 0.05) is 6.42 Å². The van der Waals surface area contributed by atoms with E-state index in [1.165, 1.54) is 12.1 Å². The number of nitrogens with two attached hydrogens (primary N) is 1. The Balaban J connectivity index is 1.80.